The number of anilines is 2. The van der Waals surface area contributed by atoms with Gasteiger partial charge in [0.1, 0.15) is 23.7 Å². The van der Waals surface area contributed by atoms with Crippen molar-refractivity contribution in [2.75, 3.05) is 23.7 Å². The quantitative estimate of drug-likeness (QED) is 0.360. The topological polar surface area (TPSA) is 127 Å². The van der Waals surface area contributed by atoms with Gasteiger partial charge in [-0.15, -0.1) is 0 Å². The van der Waals surface area contributed by atoms with Gasteiger partial charge in [0, 0.05) is 37.5 Å². The number of hydrogen-bond donors (Lipinski definition) is 2. The Balaban J connectivity index is 1.22. The van der Waals surface area contributed by atoms with Crippen molar-refractivity contribution >= 4 is 33.8 Å². The van der Waals surface area contributed by atoms with Gasteiger partial charge < -0.3 is 15.6 Å². The fraction of sp³-hybridized carbons (Fsp3) is 0.214. The Morgan fingerprint density at radius 2 is 1.74 bits per heavy atom. The summed E-state index contributed by atoms with van der Waals surface area (Å²) in [6.07, 6.45) is 7.63. The summed E-state index contributed by atoms with van der Waals surface area (Å²) in [5, 5.41) is 5.86. The van der Waals surface area contributed by atoms with Crippen LogP contribution in [-0.2, 0) is 6.42 Å². The van der Waals surface area contributed by atoms with Gasteiger partial charge in [-0.2, -0.15) is 5.10 Å². The van der Waals surface area contributed by atoms with Crippen LogP contribution in [0.4, 0.5) is 11.8 Å². The Labute approximate surface area is 218 Å². The number of nitrogens with one attached hydrogen (secondary N) is 1. The van der Waals surface area contributed by atoms with E-state index < -0.39 is 0 Å². The van der Waals surface area contributed by atoms with Crippen molar-refractivity contribution in [3.63, 3.8) is 0 Å². The second kappa shape index (κ2) is 9.22. The largest absolute Gasteiger partial charge is 0.383 e. The summed E-state index contributed by atoms with van der Waals surface area (Å²) < 4.78 is 2.03. The van der Waals surface area contributed by atoms with Crippen LogP contribution in [0.5, 0.6) is 0 Å². The number of fused-ring (bicyclic) bond motifs is 2. The first-order valence-electron chi connectivity index (χ1n) is 12.8. The van der Waals surface area contributed by atoms with Gasteiger partial charge in [-0.3, -0.25) is 0 Å². The van der Waals surface area contributed by atoms with E-state index in [1.165, 1.54) is 11.9 Å². The SMILES string of the molecule is Nc1ncnc2c1c(-c1ccc3nc(Cc4ccccc4)[nH]c3c1)nn2C1CCN(c2ncccn2)CC1. The molecule has 0 unspecified atom stereocenters. The highest BCUT2D eigenvalue weighted by Gasteiger charge is 2.27. The average Bonchev–Trinajstić information content (AvgIpc) is 3.56. The monoisotopic (exact) mass is 502 g/mol. The van der Waals surface area contributed by atoms with E-state index >= 15 is 0 Å². The van der Waals surface area contributed by atoms with Gasteiger partial charge in [0.2, 0.25) is 5.95 Å². The number of aromatic nitrogens is 8. The zero-order valence-corrected chi connectivity index (χ0v) is 20.7. The standard InChI is InChI=1S/C28H26N10/c29-26-24-25(19-7-8-21-22(16-19)35-23(34-21)15-18-5-2-1-3-6-18)36-38(27(24)33-17-32-26)20-9-13-37(14-10-20)28-30-11-4-12-31-28/h1-8,11-12,16-17,20H,9-10,13-15H2,(H,34,35)(H2,29,32,33). The molecule has 5 heterocycles. The molecule has 0 bridgehead atoms. The van der Waals surface area contributed by atoms with Crippen LogP contribution >= 0.6 is 0 Å². The minimum absolute atomic E-state index is 0.189. The maximum Gasteiger partial charge on any atom is 0.225 e. The molecule has 0 amide bonds. The van der Waals surface area contributed by atoms with Crippen LogP contribution in [-0.4, -0.2) is 52.8 Å². The molecule has 0 atom stereocenters. The second-order valence-corrected chi connectivity index (χ2v) is 9.60. The van der Waals surface area contributed by atoms with E-state index in [-0.39, 0.29) is 6.04 Å². The first-order valence-corrected chi connectivity index (χ1v) is 12.8. The highest BCUT2D eigenvalue weighted by atomic mass is 15.3. The lowest BCUT2D eigenvalue weighted by Crippen LogP contribution is -2.36. The molecule has 4 aromatic heterocycles. The van der Waals surface area contributed by atoms with Crippen LogP contribution in [0.3, 0.4) is 0 Å². The first kappa shape index (κ1) is 22.3. The van der Waals surface area contributed by atoms with Crippen molar-refractivity contribution in [1.82, 2.24) is 39.7 Å². The average molecular weight is 503 g/mol. The molecule has 3 N–H and O–H groups in total. The van der Waals surface area contributed by atoms with E-state index in [1.54, 1.807) is 12.4 Å². The number of H-pyrrole nitrogens is 1. The summed E-state index contributed by atoms with van der Waals surface area (Å²) in [4.78, 5) is 28.2. The Bertz CT molecular complexity index is 1720. The predicted octanol–water partition coefficient (Wildman–Crippen LogP) is 4.17. The second-order valence-electron chi connectivity index (χ2n) is 9.60. The number of piperidine rings is 1. The molecule has 6 aromatic rings. The van der Waals surface area contributed by atoms with E-state index in [0.717, 1.165) is 77.4 Å². The summed E-state index contributed by atoms with van der Waals surface area (Å²) in [6.45, 7) is 1.69. The maximum absolute atomic E-state index is 6.39. The molecule has 7 rings (SSSR count). The fourth-order valence-electron chi connectivity index (χ4n) is 5.30. The molecule has 0 spiro atoms. The Morgan fingerprint density at radius 1 is 0.921 bits per heavy atom. The van der Waals surface area contributed by atoms with Gasteiger partial charge in [-0.25, -0.2) is 29.6 Å². The minimum atomic E-state index is 0.189. The van der Waals surface area contributed by atoms with Gasteiger partial charge in [0.05, 0.1) is 22.5 Å². The van der Waals surface area contributed by atoms with Gasteiger partial charge in [-0.05, 0) is 36.6 Å². The summed E-state index contributed by atoms with van der Waals surface area (Å²) in [6, 6.07) is 18.5. The Kier molecular flexibility index (Phi) is 5.42. The zero-order chi connectivity index (χ0) is 25.5. The van der Waals surface area contributed by atoms with Crippen molar-refractivity contribution in [3.05, 3.63) is 84.7 Å². The normalized spacial score (nSPS) is 14.5. The third-order valence-electron chi connectivity index (χ3n) is 7.18. The molecular formula is C28H26N10. The number of nitrogens with zero attached hydrogens (tertiary/aromatic N) is 8. The molecule has 1 aliphatic rings. The molecule has 1 saturated heterocycles. The number of rotatable bonds is 5. The smallest absolute Gasteiger partial charge is 0.225 e. The lowest BCUT2D eigenvalue weighted by atomic mass is 10.1. The highest BCUT2D eigenvalue weighted by Crippen LogP contribution is 2.35. The number of imidazole rings is 1. The summed E-state index contributed by atoms with van der Waals surface area (Å²) in [5.74, 6) is 2.12. The number of aromatic amines is 1. The van der Waals surface area contributed by atoms with Crippen LogP contribution in [0, 0.1) is 0 Å². The first-order chi connectivity index (χ1) is 18.7. The number of benzene rings is 2. The lowest BCUT2D eigenvalue weighted by molar-refractivity contribution is 0.373. The van der Waals surface area contributed by atoms with E-state index in [4.69, 9.17) is 15.8 Å². The molecule has 2 aromatic carbocycles. The van der Waals surface area contributed by atoms with Gasteiger partial charge >= 0.3 is 0 Å². The van der Waals surface area contributed by atoms with Crippen LogP contribution in [0.25, 0.3) is 33.3 Å². The van der Waals surface area contributed by atoms with Crippen LogP contribution in [0.15, 0.2) is 73.3 Å². The molecule has 0 aliphatic carbocycles. The fourth-order valence-corrected chi connectivity index (χ4v) is 5.30. The van der Waals surface area contributed by atoms with Crippen LogP contribution in [0.2, 0.25) is 0 Å². The van der Waals surface area contributed by atoms with Crippen LogP contribution in [0.1, 0.15) is 30.3 Å². The Morgan fingerprint density at radius 3 is 2.55 bits per heavy atom. The number of hydrogen-bond acceptors (Lipinski definition) is 8. The molecule has 1 aliphatic heterocycles. The molecule has 38 heavy (non-hydrogen) atoms. The molecule has 10 heteroatoms. The molecule has 0 saturated carbocycles. The molecular weight excluding hydrogens is 476 g/mol. The maximum atomic E-state index is 6.39. The zero-order valence-electron chi connectivity index (χ0n) is 20.7. The summed E-state index contributed by atoms with van der Waals surface area (Å²) in [5.41, 5.74) is 12.0. The van der Waals surface area contributed by atoms with Crippen molar-refractivity contribution in [2.45, 2.75) is 25.3 Å². The van der Waals surface area contributed by atoms with E-state index in [0.29, 0.717) is 5.82 Å². The number of nitrogens with two attached hydrogens (primary N) is 1. The third-order valence-corrected chi connectivity index (χ3v) is 7.18. The van der Waals surface area contributed by atoms with E-state index in [1.807, 2.05) is 41.1 Å². The molecule has 188 valence electrons. The van der Waals surface area contributed by atoms with Crippen molar-refractivity contribution in [1.29, 1.82) is 0 Å². The predicted molar refractivity (Wildman–Crippen MR) is 147 cm³/mol. The lowest BCUT2D eigenvalue weighted by Gasteiger charge is -2.32. The molecule has 0 radical (unpaired) electrons. The van der Waals surface area contributed by atoms with Crippen molar-refractivity contribution < 1.29 is 0 Å². The van der Waals surface area contributed by atoms with Gasteiger partial charge in [0.25, 0.3) is 0 Å². The van der Waals surface area contributed by atoms with Crippen LogP contribution < -0.4 is 10.6 Å². The van der Waals surface area contributed by atoms with E-state index in [9.17, 15) is 0 Å². The highest BCUT2D eigenvalue weighted by molar-refractivity contribution is 5.99. The molecule has 10 nitrogen and oxygen atoms in total. The Hall–Kier alpha value is -4.86. The summed E-state index contributed by atoms with van der Waals surface area (Å²) >= 11 is 0. The minimum Gasteiger partial charge on any atom is -0.383 e. The number of nitrogen functional groups attached to an aromatic ring is 1. The van der Waals surface area contributed by atoms with E-state index in [2.05, 4.69) is 48.0 Å². The third kappa shape index (κ3) is 4.00. The summed E-state index contributed by atoms with van der Waals surface area (Å²) in [7, 11) is 0. The van der Waals surface area contributed by atoms with Crippen molar-refractivity contribution in [2.24, 2.45) is 0 Å². The van der Waals surface area contributed by atoms with Gasteiger partial charge in [-0.1, -0.05) is 36.4 Å². The van der Waals surface area contributed by atoms with Gasteiger partial charge in [0.15, 0.2) is 5.65 Å². The van der Waals surface area contributed by atoms with Crippen molar-refractivity contribution in [3.8, 4) is 11.3 Å². The molecule has 1 fully saturated rings.